The molecule has 1 fully saturated rings. The summed E-state index contributed by atoms with van der Waals surface area (Å²) in [7, 11) is 0. The lowest BCUT2D eigenvalue weighted by atomic mass is 10.3. The molecule has 2 unspecified atom stereocenters. The molecule has 0 radical (unpaired) electrons. The van der Waals surface area contributed by atoms with E-state index in [-0.39, 0.29) is 31.9 Å². The molecular weight excluding hydrogens is 204 g/mol. The van der Waals surface area contributed by atoms with Crippen LogP contribution in [0.25, 0.3) is 0 Å². The smallest absolute Gasteiger partial charge is 0.305 e. The third kappa shape index (κ3) is 4.75. The Kier molecular flexibility index (Phi) is 4.51. The van der Waals surface area contributed by atoms with Crippen molar-refractivity contribution < 1.29 is 28.5 Å². The highest BCUT2D eigenvalue weighted by molar-refractivity contribution is 5.66. The summed E-state index contributed by atoms with van der Waals surface area (Å²) in [5, 5.41) is 0. The topological polar surface area (TPSA) is 71.1 Å². The van der Waals surface area contributed by atoms with Gasteiger partial charge in [0.2, 0.25) is 6.29 Å². The van der Waals surface area contributed by atoms with Crippen molar-refractivity contribution in [2.75, 3.05) is 19.8 Å². The minimum atomic E-state index is -0.656. The Labute approximate surface area is 87.4 Å². The average Bonchev–Trinajstić information content (AvgIpc) is 2.16. The minimum absolute atomic E-state index is 0.155. The van der Waals surface area contributed by atoms with Crippen molar-refractivity contribution in [1.29, 1.82) is 0 Å². The van der Waals surface area contributed by atoms with Crippen LogP contribution in [0.15, 0.2) is 0 Å². The lowest BCUT2D eigenvalue weighted by molar-refractivity contribution is -0.235. The van der Waals surface area contributed by atoms with Gasteiger partial charge in [-0.25, -0.2) is 0 Å². The first-order valence-corrected chi connectivity index (χ1v) is 4.61. The average molecular weight is 218 g/mol. The van der Waals surface area contributed by atoms with Crippen LogP contribution in [0.2, 0.25) is 0 Å². The van der Waals surface area contributed by atoms with E-state index >= 15 is 0 Å². The molecule has 1 rings (SSSR count). The molecule has 0 bridgehead atoms. The second-order valence-electron chi connectivity index (χ2n) is 3.13. The first kappa shape index (κ1) is 11.9. The molecule has 0 saturated carbocycles. The van der Waals surface area contributed by atoms with Gasteiger partial charge in [-0.1, -0.05) is 0 Å². The maximum atomic E-state index is 10.6. The molecule has 0 spiro atoms. The van der Waals surface area contributed by atoms with Gasteiger partial charge >= 0.3 is 11.9 Å². The van der Waals surface area contributed by atoms with Gasteiger partial charge in [0.25, 0.3) is 0 Å². The number of hydrogen-bond donors (Lipinski definition) is 0. The normalized spacial score (nSPS) is 25.7. The number of ether oxygens (including phenoxy) is 4. The maximum absolute atomic E-state index is 10.6. The van der Waals surface area contributed by atoms with E-state index in [1.165, 1.54) is 13.8 Å². The SMILES string of the molecule is CC(=O)OCC1COC(OC(C)=O)CO1. The lowest BCUT2D eigenvalue weighted by Gasteiger charge is -2.28. The Morgan fingerprint density at radius 1 is 1.20 bits per heavy atom. The molecule has 6 nitrogen and oxygen atoms in total. The van der Waals surface area contributed by atoms with Gasteiger partial charge in [-0.2, -0.15) is 0 Å². The standard InChI is InChI=1S/C9H14O6/c1-6(10)12-3-8-4-14-9(5-13-8)15-7(2)11/h8-9H,3-5H2,1-2H3. The molecule has 2 atom stereocenters. The highest BCUT2D eigenvalue weighted by atomic mass is 16.7. The Hall–Kier alpha value is -1.14. The molecule has 6 heteroatoms. The van der Waals surface area contributed by atoms with Crippen molar-refractivity contribution in [1.82, 2.24) is 0 Å². The Morgan fingerprint density at radius 3 is 2.40 bits per heavy atom. The summed E-state index contributed by atoms with van der Waals surface area (Å²) in [4.78, 5) is 21.1. The van der Waals surface area contributed by atoms with Crippen LogP contribution in [0, 0.1) is 0 Å². The van der Waals surface area contributed by atoms with E-state index in [1.54, 1.807) is 0 Å². The van der Waals surface area contributed by atoms with Gasteiger partial charge in [0.1, 0.15) is 19.3 Å². The van der Waals surface area contributed by atoms with E-state index in [4.69, 9.17) is 18.9 Å². The number of rotatable bonds is 3. The highest BCUT2D eigenvalue weighted by Crippen LogP contribution is 2.09. The van der Waals surface area contributed by atoms with E-state index in [2.05, 4.69) is 0 Å². The summed E-state index contributed by atoms with van der Waals surface area (Å²) < 4.78 is 20.0. The van der Waals surface area contributed by atoms with E-state index < -0.39 is 12.3 Å². The summed E-state index contributed by atoms with van der Waals surface area (Å²) in [6.07, 6.45) is -0.947. The third-order valence-electron chi connectivity index (χ3n) is 1.71. The van der Waals surface area contributed by atoms with Gasteiger partial charge in [-0.3, -0.25) is 9.59 Å². The van der Waals surface area contributed by atoms with Crippen LogP contribution in [0.4, 0.5) is 0 Å². The zero-order valence-electron chi connectivity index (χ0n) is 8.73. The largest absolute Gasteiger partial charge is 0.463 e. The Bertz CT molecular complexity index is 231. The first-order valence-electron chi connectivity index (χ1n) is 4.61. The fourth-order valence-electron chi connectivity index (χ4n) is 1.09. The van der Waals surface area contributed by atoms with E-state index in [9.17, 15) is 9.59 Å². The van der Waals surface area contributed by atoms with Gasteiger partial charge in [-0.15, -0.1) is 0 Å². The third-order valence-corrected chi connectivity index (χ3v) is 1.71. The molecular formula is C9H14O6. The number of esters is 2. The second kappa shape index (κ2) is 5.67. The van der Waals surface area contributed by atoms with Crippen LogP contribution >= 0.6 is 0 Å². The van der Waals surface area contributed by atoms with Crippen molar-refractivity contribution in [3.05, 3.63) is 0 Å². The quantitative estimate of drug-likeness (QED) is 0.614. The molecule has 1 aliphatic heterocycles. The van der Waals surface area contributed by atoms with Crippen molar-refractivity contribution in [3.8, 4) is 0 Å². The summed E-state index contributed by atoms with van der Waals surface area (Å²) in [5.41, 5.74) is 0. The van der Waals surface area contributed by atoms with Crippen molar-refractivity contribution in [3.63, 3.8) is 0 Å². The molecule has 0 aromatic carbocycles. The Morgan fingerprint density at radius 2 is 1.93 bits per heavy atom. The predicted molar refractivity (Wildman–Crippen MR) is 47.9 cm³/mol. The summed E-state index contributed by atoms with van der Waals surface area (Å²) in [5.74, 6) is -0.775. The van der Waals surface area contributed by atoms with Crippen molar-refractivity contribution in [2.45, 2.75) is 26.2 Å². The van der Waals surface area contributed by atoms with Crippen LogP contribution in [0.3, 0.4) is 0 Å². The van der Waals surface area contributed by atoms with E-state index in [0.29, 0.717) is 0 Å². The zero-order valence-corrected chi connectivity index (χ0v) is 8.73. The summed E-state index contributed by atoms with van der Waals surface area (Å²) in [6.45, 7) is 3.18. The molecule has 1 heterocycles. The molecule has 0 amide bonds. The molecule has 1 saturated heterocycles. The monoisotopic (exact) mass is 218 g/mol. The van der Waals surface area contributed by atoms with E-state index in [0.717, 1.165) is 0 Å². The Balaban J connectivity index is 2.18. The van der Waals surface area contributed by atoms with Crippen LogP contribution in [0.1, 0.15) is 13.8 Å². The van der Waals surface area contributed by atoms with Crippen LogP contribution in [0.5, 0.6) is 0 Å². The van der Waals surface area contributed by atoms with Gasteiger partial charge in [-0.05, 0) is 0 Å². The molecule has 0 aromatic heterocycles. The van der Waals surface area contributed by atoms with Gasteiger partial charge < -0.3 is 18.9 Å². The van der Waals surface area contributed by atoms with Crippen LogP contribution in [-0.4, -0.2) is 44.2 Å². The van der Waals surface area contributed by atoms with E-state index in [1.807, 2.05) is 0 Å². The van der Waals surface area contributed by atoms with Crippen LogP contribution in [-0.2, 0) is 28.5 Å². The first-order chi connectivity index (χ1) is 7.08. The molecule has 0 aromatic rings. The summed E-state index contributed by atoms with van der Waals surface area (Å²) in [6, 6.07) is 0. The lowest BCUT2D eigenvalue weighted by Crippen LogP contribution is -2.40. The second-order valence-corrected chi connectivity index (χ2v) is 3.13. The fourth-order valence-corrected chi connectivity index (χ4v) is 1.09. The van der Waals surface area contributed by atoms with Crippen molar-refractivity contribution >= 4 is 11.9 Å². The van der Waals surface area contributed by atoms with Gasteiger partial charge in [0.05, 0.1) is 6.61 Å². The molecule has 0 aliphatic carbocycles. The maximum Gasteiger partial charge on any atom is 0.305 e. The van der Waals surface area contributed by atoms with Crippen LogP contribution < -0.4 is 0 Å². The number of hydrogen-bond acceptors (Lipinski definition) is 6. The molecule has 1 aliphatic rings. The molecule has 86 valence electrons. The van der Waals surface area contributed by atoms with Crippen molar-refractivity contribution in [2.24, 2.45) is 0 Å². The molecule has 15 heavy (non-hydrogen) atoms. The fraction of sp³-hybridized carbons (Fsp3) is 0.778. The highest BCUT2D eigenvalue weighted by Gasteiger charge is 2.24. The zero-order chi connectivity index (χ0) is 11.3. The predicted octanol–water partition coefficient (Wildman–Crippen LogP) is -0.146. The molecule has 0 N–H and O–H groups in total. The number of carbonyl (C=O) groups excluding carboxylic acids is 2. The van der Waals surface area contributed by atoms with Gasteiger partial charge in [0.15, 0.2) is 0 Å². The summed E-state index contributed by atoms with van der Waals surface area (Å²) >= 11 is 0. The minimum Gasteiger partial charge on any atom is -0.463 e. The van der Waals surface area contributed by atoms with Gasteiger partial charge in [0, 0.05) is 13.8 Å². The number of carbonyl (C=O) groups is 2.